The molecule has 0 bridgehead atoms. The Labute approximate surface area is 311 Å². The van der Waals surface area contributed by atoms with E-state index in [1.165, 1.54) is 0 Å². The molecule has 1 saturated heterocycles. The number of nitrogens with one attached hydrogen (secondary N) is 2. The van der Waals surface area contributed by atoms with Crippen LogP contribution in [0.15, 0.2) is 24.3 Å². The van der Waals surface area contributed by atoms with Crippen LogP contribution in [0.5, 0.6) is 0 Å². The van der Waals surface area contributed by atoms with Crippen LogP contribution in [0.25, 0.3) is 0 Å². The molecule has 0 radical (unpaired) electrons. The Morgan fingerprint density at radius 3 is 2.20 bits per heavy atom. The number of hydrogen-bond donors (Lipinski definition) is 3. The van der Waals surface area contributed by atoms with Gasteiger partial charge in [-0.2, -0.15) is 0 Å². The molecule has 0 aromatic heterocycles. The fourth-order valence-corrected chi connectivity index (χ4v) is 7.73. The molecule has 9 atom stereocenters. The first-order chi connectivity index (χ1) is 24.0. The second kappa shape index (κ2) is 21.1. The maximum Gasteiger partial charge on any atom is 0.246 e. The van der Waals surface area contributed by atoms with Crippen molar-refractivity contribution >= 4 is 35.2 Å². The third-order valence-electron chi connectivity index (χ3n) is 10.5. The van der Waals surface area contributed by atoms with Crippen LogP contribution in [0, 0.1) is 17.8 Å². The minimum absolute atomic E-state index is 0.0158. The van der Waals surface area contributed by atoms with Gasteiger partial charge < -0.3 is 35.6 Å². The fourth-order valence-electron chi connectivity index (χ4n) is 7.50. The maximum absolute atomic E-state index is 14.1. The molecule has 13 heteroatoms. The molecule has 0 saturated carbocycles. The van der Waals surface area contributed by atoms with Crippen molar-refractivity contribution in [3.05, 3.63) is 34.9 Å². The Bertz CT molecular complexity index is 1270. The lowest BCUT2D eigenvalue weighted by atomic mass is 9.89. The molecule has 1 aromatic carbocycles. The zero-order valence-electron chi connectivity index (χ0n) is 32.8. The highest BCUT2D eigenvalue weighted by molar-refractivity contribution is 6.31. The van der Waals surface area contributed by atoms with Crippen molar-refractivity contribution in [3.63, 3.8) is 0 Å². The highest BCUT2D eigenvalue weighted by atomic mass is 35.5. The number of rotatable bonds is 20. The summed E-state index contributed by atoms with van der Waals surface area (Å²) in [6.45, 7) is 12.5. The third kappa shape index (κ3) is 11.9. The fraction of sp³-hybridized carbons (Fsp3) is 0.737. The molecule has 290 valence electrons. The first kappa shape index (κ1) is 44.4. The Balaban J connectivity index is 2.21. The Morgan fingerprint density at radius 1 is 1.02 bits per heavy atom. The summed E-state index contributed by atoms with van der Waals surface area (Å²) in [5.74, 6) is -1.43. The highest BCUT2D eigenvalue weighted by Crippen LogP contribution is 2.29. The summed E-state index contributed by atoms with van der Waals surface area (Å²) in [6.07, 6.45) is 1.68. The van der Waals surface area contributed by atoms with Crippen LogP contribution in [0.1, 0.15) is 72.8 Å². The van der Waals surface area contributed by atoms with E-state index in [-0.39, 0.29) is 47.9 Å². The van der Waals surface area contributed by atoms with Crippen LogP contribution in [0.4, 0.5) is 0 Å². The summed E-state index contributed by atoms with van der Waals surface area (Å²) in [4.78, 5) is 60.0. The lowest BCUT2D eigenvalue weighted by molar-refractivity contribution is -0.147. The summed E-state index contributed by atoms with van der Waals surface area (Å²) >= 11 is 6.28. The lowest BCUT2D eigenvalue weighted by Gasteiger charge is -2.41. The van der Waals surface area contributed by atoms with Crippen LogP contribution in [-0.4, -0.2) is 129 Å². The number of carbonyl (C=O) groups is 4. The lowest BCUT2D eigenvalue weighted by Crippen LogP contribution is -2.62. The molecule has 4 N–H and O–H groups in total. The van der Waals surface area contributed by atoms with Crippen LogP contribution in [0.2, 0.25) is 5.02 Å². The smallest absolute Gasteiger partial charge is 0.246 e. The number of carbonyl (C=O) groups excluding carboxylic acids is 4. The minimum atomic E-state index is -0.966. The summed E-state index contributed by atoms with van der Waals surface area (Å²) in [5.41, 5.74) is 7.26. The summed E-state index contributed by atoms with van der Waals surface area (Å²) in [7, 11) is 8.48. The number of benzene rings is 1. The zero-order valence-corrected chi connectivity index (χ0v) is 33.5. The molecule has 12 nitrogen and oxygen atoms in total. The molecular formula is C38H65ClN6O6. The molecule has 51 heavy (non-hydrogen) atoms. The molecule has 4 amide bonds. The largest absolute Gasteiger partial charge is 0.379 e. The van der Waals surface area contributed by atoms with Gasteiger partial charge in [-0.1, -0.05) is 70.8 Å². The van der Waals surface area contributed by atoms with Crippen LogP contribution in [0.3, 0.4) is 0 Å². The van der Waals surface area contributed by atoms with E-state index in [9.17, 15) is 19.2 Å². The second-order valence-corrected chi connectivity index (χ2v) is 15.1. The predicted molar refractivity (Wildman–Crippen MR) is 202 cm³/mol. The molecular weight excluding hydrogens is 672 g/mol. The van der Waals surface area contributed by atoms with Crippen molar-refractivity contribution in [2.45, 2.75) is 116 Å². The van der Waals surface area contributed by atoms with Gasteiger partial charge in [0, 0.05) is 45.4 Å². The number of hydrogen-bond acceptors (Lipinski definition) is 8. The number of methoxy groups -OCH3 is 2. The van der Waals surface area contributed by atoms with E-state index in [1.807, 2.05) is 82.8 Å². The number of halogens is 1. The summed E-state index contributed by atoms with van der Waals surface area (Å²) in [5, 5.41) is 6.59. The van der Waals surface area contributed by atoms with Crippen LogP contribution >= 0.6 is 11.6 Å². The average Bonchev–Trinajstić information content (AvgIpc) is 3.56. The van der Waals surface area contributed by atoms with Gasteiger partial charge in [-0.05, 0) is 63.7 Å². The van der Waals surface area contributed by atoms with E-state index in [4.69, 9.17) is 26.8 Å². The highest BCUT2D eigenvalue weighted by Gasteiger charge is 2.43. The number of amides is 4. The van der Waals surface area contributed by atoms with Gasteiger partial charge in [0.25, 0.3) is 0 Å². The van der Waals surface area contributed by atoms with Gasteiger partial charge in [0.2, 0.25) is 23.6 Å². The maximum atomic E-state index is 14.1. The number of nitrogens with two attached hydrogens (primary N) is 1. The van der Waals surface area contributed by atoms with E-state index in [0.717, 1.165) is 18.4 Å². The summed E-state index contributed by atoms with van der Waals surface area (Å²) in [6, 6.07) is 4.71. The normalized spacial score (nSPS) is 19.5. The Morgan fingerprint density at radius 2 is 1.67 bits per heavy atom. The van der Waals surface area contributed by atoms with Gasteiger partial charge in [-0.3, -0.25) is 24.1 Å². The number of ether oxygens (including phenoxy) is 2. The van der Waals surface area contributed by atoms with Crippen molar-refractivity contribution in [3.8, 4) is 0 Å². The molecule has 0 spiro atoms. The van der Waals surface area contributed by atoms with E-state index in [1.54, 1.807) is 33.1 Å². The van der Waals surface area contributed by atoms with Gasteiger partial charge >= 0.3 is 0 Å². The topological polar surface area (TPSA) is 147 Å². The molecule has 1 heterocycles. The van der Waals surface area contributed by atoms with Crippen molar-refractivity contribution in [1.29, 1.82) is 0 Å². The minimum Gasteiger partial charge on any atom is -0.379 e. The van der Waals surface area contributed by atoms with Crippen molar-refractivity contribution in [1.82, 2.24) is 25.3 Å². The summed E-state index contributed by atoms with van der Waals surface area (Å²) < 4.78 is 11.9. The number of nitrogens with zero attached hydrogens (tertiary/aromatic N) is 3. The monoisotopic (exact) mass is 736 g/mol. The van der Waals surface area contributed by atoms with Gasteiger partial charge in [-0.25, -0.2) is 0 Å². The predicted octanol–water partition coefficient (Wildman–Crippen LogP) is 3.34. The first-order valence-corrected chi connectivity index (χ1v) is 18.7. The first-order valence-electron chi connectivity index (χ1n) is 18.4. The number of likely N-dealkylation sites (N-methyl/N-ethyl adjacent to an activating group) is 2. The van der Waals surface area contributed by atoms with E-state index in [0.29, 0.717) is 31.0 Å². The molecule has 2 rings (SSSR count). The van der Waals surface area contributed by atoms with Crippen molar-refractivity contribution in [2.24, 2.45) is 23.5 Å². The van der Waals surface area contributed by atoms with E-state index >= 15 is 0 Å². The van der Waals surface area contributed by atoms with Crippen molar-refractivity contribution < 1.29 is 28.7 Å². The Hall–Kier alpha value is -2.77. The zero-order chi connectivity index (χ0) is 38.6. The average molecular weight is 737 g/mol. The molecule has 2 unspecified atom stereocenters. The number of likely N-dealkylation sites (tertiary alicyclic amines) is 1. The van der Waals surface area contributed by atoms with E-state index in [2.05, 4.69) is 10.6 Å². The van der Waals surface area contributed by atoms with Crippen LogP contribution < -0.4 is 16.4 Å². The van der Waals surface area contributed by atoms with Gasteiger partial charge in [0.05, 0.1) is 42.7 Å². The van der Waals surface area contributed by atoms with Crippen molar-refractivity contribution in [2.75, 3.05) is 48.5 Å². The third-order valence-corrected chi connectivity index (χ3v) is 10.8. The molecule has 1 fully saturated rings. The van der Waals surface area contributed by atoms with Gasteiger partial charge in [0.1, 0.15) is 6.04 Å². The Kier molecular flexibility index (Phi) is 18.3. The van der Waals surface area contributed by atoms with Gasteiger partial charge in [-0.15, -0.1) is 0 Å². The standard InChI is InChI=1S/C38H65ClN6O6/c1-12-24(4)34(44(9)38(49)32(26(6)40)42-37(48)33(23(2)3)43(7)8)30(50-10)22-31(46)45-21-15-18-29(45)35(51-11)25(5)36(47)41-20-19-27-16-13-14-17-28(27)39/h13-14,16-17,23-26,29-30,32-35H,12,15,18-22,40H2,1-11H3,(H,41,47)(H,42,48)/t24-,25+,26-,29?,30+,32-,33?,34-,35+/m0/s1. The van der Waals surface area contributed by atoms with Gasteiger partial charge in [0.15, 0.2) is 0 Å². The molecule has 1 aliphatic heterocycles. The van der Waals surface area contributed by atoms with Crippen LogP contribution in [-0.2, 0) is 35.1 Å². The SMILES string of the molecule is CC[C@H](C)[C@@H]([C@@H](CC(=O)N1CCCC1[C@H](OC)[C@@H](C)C(=O)NCCc1ccccc1Cl)OC)N(C)C(=O)[C@@H](NC(=O)C(C(C)C)N(C)C)[C@H](C)N. The second-order valence-electron chi connectivity index (χ2n) is 14.7. The van der Waals surface area contributed by atoms with E-state index < -0.39 is 42.3 Å². The molecule has 1 aliphatic rings. The molecule has 0 aliphatic carbocycles. The quantitative estimate of drug-likeness (QED) is 0.185. The molecule has 1 aromatic rings.